The van der Waals surface area contributed by atoms with E-state index in [0.29, 0.717) is 5.75 Å². The van der Waals surface area contributed by atoms with Gasteiger partial charge in [-0.3, -0.25) is 13.9 Å². The third kappa shape index (κ3) is 7.58. The van der Waals surface area contributed by atoms with E-state index in [0.717, 1.165) is 31.7 Å². The van der Waals surface area contributed by atoms with E-state index in [9.17, 15) is 18.0 Å². The average Bonchev–Trinajstić information content (AvgIpc) is 2.89. The van der Waals surface area contributed by atoms with E-state index in [1.807, 2.05) is 61.5 Å². The number of ether oxygens (including phenoxy) is 1. The number of aryl methyl sites for hydroxylation is 1. The van der Waals surface area contributed by atoms with Gasteiger partial charge < -0.3 is 15.0 Å². The molecule has 0 saturated carbocycles. The van der Waals surface area contributed by atoms with Crippen molar-refractivity contribution in [1.82, 2.24) is 10.2 Å². The maximum absolute atomic E-state index is 14.0. The molecule has 0 bridgehead atoms. The zero-order chi connectivity index (χ0) is 27.9. The molecule has 0 aliphatic heterocycles. The fraction of sp³-hybridized carbons (Fsp3) is 0.286. The number of nitrogens with one attached hydrogen (secondary N) is 1. The summed E-state index contributed by atoms with van der Waals surface area (Å²) in [6.07, 6.45) is 1.30. The summed E-state index contributed by atoms with van der Waals surface area (Å²) in [5.74, 6) is -0.551. The van der Waals surface area contributed by atoms with Crippen molar-refractivity contribution in [1.29, 1.82) is 0 Å². The molecule has 0 aliphatic carbocycles. The summed E-state index contributed by atoms with van der Waals surface area (Å²) in [6.45, 7) is 1.43. The number of sulfonamides is 1. The van der Waals surface area contributed by atoms with Crippen LogP contribution in [0.1, 0.15) is 16.7 Å². The molecule has 0 aromatic heterocycles. The number of methoxy groups -OCH3 is 1. The third-order valence-corrected chi connectivity index (χ3v) is 7.72. The number of amides is 2. The average molecular weight is 603 g/mol. The summed E-state index contributed by atoms with van der Waals surface area (Å²) in [4.78, 5) is 28.6. The standard InChI is InChI=1S/C28H32BrN3O5S/c1-20-10-15-26(37-3)24(16-20)32(38(4,35)36)19-27(33)31(18-22-11-13-23(29)14-12-22)25(28(34)30-2)17-21-8-6-5-7-9-21/h5-16,25H,17-19H2,1-4H3,(H,30,34). The van der Waals surface area contributed by atoms with Crippen molar-refractivity contribution in [3.63, 3.8) is 0 Å². The Bertz CT molecular complexity index is 1360. The molecule has 2 amide bonds. The van der Waals surface area contributed by atoms with Crippen LogP contribution >= 0.6 is 15.9 Å². The van der Waals surface area contributed by atoms with Gasteiger partial charge in [0.25, 0.3) is 0 Å². The second-order valence-electron chi connectivity index (χ2n) is 8.91. The number of likely N-dealkylation sites (N-methyl/N-ethyl adjacent to an activating group) is 1. The first-order valence-electron chi connectivity index (χ1n) is 11.9. The maximum Gasteiger partial charge on any atom is 0.244 e. The highest BCUT2D eigenvalue weighted by atomic mass is 79.9. The van der Waals surface area contributed by atoms with Crippen LogP contribution in [0.2, 0.25) is 0 Å². The molecule has 1 unspecified atom stereocenters. The van der Waals surface area contributed by atoms with E-state index < -0.39 is 28.5 Å². The number of hydrogen-bond acceptors (Lipinski definition) is 5. The zero-order valence-electron chi connectivity index (χ0n) is 21.8. The van der Waals surface area contributed by atoms with E-state index in [2.05, 4.69) is 21.2 Å². The predicted octanol–water partition coefficient (Wildman–Crippen LogP) is 3.92. The number of rotatable bonds is 11. The molecular weight excluding hydrogens is 570 g/mol. The van der Waals surface area contributed by atoms with E-state index in [-0.39, 0.29) is 24.6 Å². The Morgan fingerprint density at radius 1 is 1.00 bits per heavy atom. The fourth-order valence-electron chi connectivity index (χ4n) is 4.10. The van der Waals surface area contributed by atoms with E-state index >= 15 is 0 Å². The van der Waals surface area contributed by atoms with Gasteiger partial charge in [-0.1, -0.05) is 64.5 Å². The van der Waals surface area contributed by atoms with Crippen LogP contribution in [0.3, 0.4) is 0 Å². The summed E-state index contributed by atoms with van der Waals surface area (Å²) >= 11 is 3.42. The van der Waals surface area contributed by atoms with Gasteiger partial charge in [0.1, 0.15) is 18.3 Å². The zero-order valence-corrected chi connectivity index (χ0v) is 24.3. The van der Waals surface area contributed by atoms with Crippen LogP contribution in [-0.2, 0) is 32.6 Å². The molecule has 0 spiro atoms. The molecular formula is C28H32BrN3O5S. The topological polar surface area (TPSA) is 96.0 Å². The lowest BCUT2D eigenvalue weighted by molar-refractivity contribution is -0.139. The second kappa shape index (κ2) is 12.9. The highest BCUT2D eigenvalue weighted by molar-refractivity contribution is 9.10. The smallest absolute Gasteiger partial charge is 0.244 e. The van der Waals surface area contributed by atoms with Gasteiger partial charge in [0.05, 0.1) is 19.1 Å². The Morgan fingerprint density at radius 3 is 2.24 bits per heavy atom. The summed E-state index contributed by atoms with van der Waals surface area (Å²) in [6, 6.07) is 21.0. The molecule has 8 nitrogen and oxygen atoms in total. The number of hydrogen-bond donors (Lipinski definition) is 1. The van der Waals surface area contributed by atoms with Gasteiger partial charge in [-0.25, -0.2) is 8.42 Å². The Labute approximate surface area is 232 Å². The summed E-state index contributed by atoms with van der Waals surface area (Å²) in [5, 5.41) is 2.66. The van der Waals surface area contributed by atoms with Gasteiger partial charge in [-0.15, -0.1) is 0 Å². The van der Waals surface area contributed by atoms with Crippen LogP contribution < -0.4 is 14.4 Å². The predicted molar refractivity (Wildman–Crippen MR) is 153 cm³/mol. The molecule has 1 N–H and O–H groups in total. The minimum absolute atomic E-state index is 0.111. The van der Waals surface area contributed by atoms with Crippen molar-refractivity contribution in [2.75, 3.05) is 31.3 Å². The highest BCUT2D eigenvalue weighted by Crippen LogP contribution is 2.31. The fourth-order valence-corrected chi connectivity index (χ4v) is 5.21. The van der Waals surface area contributed by atoms with Crippen molar-refractivity contribution in [2.45, 2.75) is 25.9 Å². The Kier molecular flexibility index (Phi) is 9.93. The van der Waals surface area contributed by atoms with E-state index in [1.54, 1.807) is 18.2 Å². The minimum atomic E-state index is -3.89. The van der Waals surface area contributed by atoms with Crippen molar-refractivity contribution in [2.24, 2.45) is 0 Å². The first-order chi connectivity index (χ1) is 18.0. The van der Waals surface area contributed by atoms with Crippen LogP contribution in [-0.4, -0.2) is 58.1 Å². The Morgan fingerprint density at radius 2 is 1.66 bits per heavy atom. The van der Waals surface area contributed by atoms with Crippen molar-refractivity contribution in [3.8, 4) is 5.75 Å². The lowest BCUT2D eigenvalue weighted by atomic mass is 10.0. The van der Waals surface area contributed by atoms with Crippen molar-refractivity contribution in [3.05, 3.63) is 94.0 Å². The van der Waals surface area contributed by atoms with Gasteiger partial charge in [-0.05, 0) is 47.9 Å². The summed E-state index contributed by atoms with van der Waals surface area (Å²) in [5.41, 5.74) is 2.73. The highest BCUT2D eigenvalue weighted by Gasteiger charge is 2.33. The molecule has 0 aliphatic rings. The summed E-state index contributed by atoms with van der Waals surface area (Å²) in [7, 11) is -0.927. The largest absolute Gasteiger partial charge is 0.495 e. The van der Waals surface area contributed by atoms with Gasteiger partial charge in [0.2, 0.25) is 21.8 Å². The number of benzene rings is 3. The molecule has 38 heavy (non-hydrogen) atoms. The molecule has 202 valence electrons. The second-order valence-corrected chi connectivity index (χ2v) is 11.7. The van der Waals surface area contributed by atoms with Crippen molar-refractivity contribution < 1.29 is 22.7 Å². The SMILES string of the molecule is CNC(=O)C(Cc1ccccc1)N(Cc1ccc(Br)cc1)C(=O)CN(c1cc(C)ccc1OC)S(C)(=O)=O. The molecule has 0 radical (unpaired) electrons. The number of anilines is 1. The molecule has 3 rings (SSSR count). The molecule has 0 heterocycles. The van der Waals surface area contributed by atoms with E-state index in [4.69, 9.17) is 4.74 Å². The number of nitrogens with zero attached hydrogens (tertiary/aromatic N) is 2. The number of carbonyl (C=O) groups excluding carboxylic acids is 2. The molecule has 3 aromatic carbocycles. The Balaban J connectivity index is 2.06. The first kappa shape index (κ1) is 29.2. The molecule has 3 aromatic rings. The van der Waals surface area contributed by atoms with Crippen LogP contribution in [0.5, 0.6) is 5.75 Å². The molecule has 0 fully saturated rings. The third-order valence-electron chi connectivity index (χ3n) is 6.07. The minimum Gasteiger partial charge on any atom is -0.495 e. The first-order valence-corrected chi connectivity index (χ1v) is 14.6. The van der Waals surface area contributed by atoms with Crippen LogP contribution in [0.25, 0.3) is 0 Å². The van der Waals surface area contributed by atoms with Gasteiger partial charge in [-0.2, -0.15) is 0 Å². The molecule has 1 atom stereocenters. The quantitative estimate of drug-likeness (QED) is 0.359. The van der Waals surface area contributed by atoms with Crippen LogP contribution in [0.4, 0.5) is 5.69 Å². The van der Waals surface area contributed by atoms with Crippen LogP contribution in [0, 0.1) is 6.92 Å². The summed E-state index contributed by atoms with van der Waals surface area (Å²) < 4.78 is 33.2. The van der Waals surface area contributed by atoms with Gasteiger partial charge in [0.15, 0.2) is 0 Å². The van der Waals surface area contributed by atoms with E-state index in [1.165, 1.54) is 19.1 Å². The normalized spacial score (nSPS) is 11.9. The van der Waals surface area contributed by atoms with Crippen molar-refractivity contribution >= 4 is 43.5 Å². The lowest BCUT2D eigenvalue weighted by Crippen LogP contribution is -2.52. The molecule has 0 saturated heterocycles. The lowest BCUT2D eigenvalue weighted by Gasteiger charge is -2.33. The number of carbonyl (C=O) groups is 2. The molecule has 10 heteroatoms. The Hall–Kier alpha value is -3.37. The number of halogens is 1. The monoisotopic (exact) mass is 601 g/mol. The van der Waals surface area contributed by atoms with Gasteiger partial charge in [0, 0.05) is 24.5 Å². The van der Waals surface area contributed by atoms with Gasteiger partial charge >= 0.3 is 0 Å². The maximum atomic E-state index is 14.0. The van der Waals surface area contributed by atoms with Crippen LogP contribution in [0.15, 0.2) is 77.3 Å².